The van der Waals surface area contributed by atoms with Gasteiger partial charge in [0.05, 0.1) is 0 Å². The molecule has 0 saturated carbocycles. The third-order valence-electron chi connectivity index (χ3n) is 3.30. The average molecular weight is 328 g/mol. The number of fused-ring (bicyclic) bond motifs is 1. The summed E-state index contributed by atoms with van der Waals surface area (Å²) >= 11 is 0. The smallest absolute Gasteiger partial charge is 0.322 e. The van der Waals surface area contributed by atoms with Crippen LogP contribution in [0, 0.1) is 6.92 Å². The minimum absolute atomic E-state index is 0.0365. The average Bonchev–Trinajstić information content (AvgIpc) is 3.23. The van der Waals surface area contributed by atoms with E-state index in [1.165, 1.54) is 6.07 Å². The number of carbonyl (C=O) groups is 1. The molecule has 3 heterocycles. The molecule has 1 amide bonds. The van der Waals surface area contributed by atoms with Gasteiger partial charge in [-0.15, -0.1) is 5.10 Å². The number of amides is 1. The lowest BCUT2D eigenvalue weighted by Gasteiger charge is -2.18. The minimum Gasteiger partial charge on any atom is -0.486 e. The maximum atomic E-state index is 12.0. The molecule has 24 heavy (non-hydrogen) atoms. The summed E-state index contributed by atoms with van der Waals surface area (Å²) in [6.45, 7) is 2.69. The molecule has 1 aromatic carbocycles. The second kappa shape index (κ2) is 5.69. The Hall–Kier alpha value is -3.36. The van der Waals surface area contributed by atoms with E-state index in [1.54, 1.807) is 25.1 Å². The summed E-state index contributed by atoms with van der Waals surface area (Å²) in [4.78, 5) is 12.0. The topological polar surface area (TPSA) is 113 Å². The number of hydrogen-bond donors (Lipinski definition) is 1. The Morgan fingerprint density at radius 3 is 2.75 bits per heavy atom. The summed E-state index contributed by atoms with van der Waals surface area (Å²) in [5.74, 6) is 1.56. The van der Waals surface area contributed by atoms with Gasteiger partial charge >= 0.3 is 6.01 Å². The summed E-state index contributed by atoms with van der Waals surface area (Å²) in [5, 5.41) is 13.8. The maximum absolute atomic E-state index is 12.0. The number of anilines is 1. The van der Waals surface area contributed by atoms with Crippen LogP contribution in [0.15, 0.2) is 33.2 Å². The third-order valence-corrected chi connectivity index (χ3v) is 3.30. The van der Waals surface area contributed by atoms with E-state index in [-0.39, 0.29) is 17.6 Å². The first kappa shape index (κ1) is 14.2. The number of rotatable bonds is 3. The first-order valence-corrected chi connectivity index (χ1v) is 7.17. The van der Waals surface area contributed by atoms with Gasteiger partial charge in [-0.25, -0.2) is 0 Å². The van der Waals surface area contributed by atoms with Gasteiger partial charge in [0, 0.05) is 11.6 Å². The molecule has 0 saturated heterocycles. The molecule has 9 nitrogen and oxygen atoms in total. The first-order valence-electron chi connectivity index (χ1n) is 7.17. The standard InChI is InChI=1S/C15H12N4O5/c1-8-6-10(19-24-8)13(20)16-15-18-17-14(23-15)9-2-3-11-12(7-9)22-5-4-21-11/h2-3,6-7H,4-5H2,1H3,(H,16,18,20). The van der Waals surface area contributed by atoms with Gasteiger partial charge in [0.15, 0.2) is 17.2 Å². The highest BCUT2D eigenvalue weighted by Crippen LogP contribution is 2.34. The predicted molar refractivity (Wildman–Crippen MR) is 79.9 cm³/mol. The molecule has 0 spiro atoms. The van der Waals surface area contributed by atoms with Crippen molar-refractivity contribution in [3.05, 3.63) is 35.7 Å². The van der Waals surface area contributed by atoms with Crippen LogP contribution in [-0.2, 0) is 0 Å². The molecule has 0 radical (unpaired) electrons. The Balaban J connectivity index is 1.53. The van der Waals surface area contributed by atoms with Crippen molar-refractivity contribution in [3.63, 3.8) is 0 Å². The van der Waals surface area contributed by atoms with Crippen LogP contribution >= 0.6 is 0 Å². The van der Waals surface area contributed by atoms with Crippen molar-refractivity contribution < 1.29 is 23.2 Å². The fraction of sp³-hybridized carbons (Fsp3) is 0.200. The van der Waals surface area contributed by atoms with Gasteiger partial charge in [0.2, 0.25) is 5.89 Å². The molecule has 4 rings (SSSR count). The Kier molecular flexibility index (Phi) is 3.38. The molecule has 1 N–H and O–H groups in total. The fourth-order valence-electron chi connectivity index (χ4n) is 2.20. The van der Waals surface area contributed by atoms with Gasteiger partial charge in [0.1, 0.15) is 19.0 Å². The lowest BCUT2D eigenvalue weighted by molar-refractivity contribution is 0.101. The van der Waals surface area contributed by atoms with E-state index in [0.717, 1.165) is 0 Å². The zero-order chi connectivity index (χ0) is 16.5. The summed E-state index contributed by atoms with van der Waals surface area (Å²) < 4.78 is 21.3. The van der Waals surface area contributed by atoms with E-state index in [2.05, 4.69) is 20.7 Å². The number of benzene rings is 1. The molecule has 0 aliphatic carbocycles. The number of nitrogens with one attached hydrogen (secondary N) is 1. The van der Waals surface area contributed by atoms with Crippen molar-refractivity contribution in [1.29, 1.82) is 0 Å². The zero-order valence-electron chi connectivity index (χ0n) is 12.6. The molecule has 9 heteroatoms. The fourth-order valence-corrected chi connectivity index (χ4v) is 2.20. The van der Waals surface area contributed by atoms with E-state index in [0.29, 0.717) is 36.0 Å². The Bertz CT molecular complexity index is 901. The van der Waals surface area contributed by atoms with Crippen molar-refractivity contribution in [3.8, 4) is 23.0 Å². The first-order chi connectivity index (χ1) is 11.7. The number of nitrogens with zero attached hydrogens (tertiary/aromatic N) is 3. The van der Waals surface area contributed by atoms with Crippen molar-refractivity contribution in [2.45, 2.75) is 6.92 Å². The molecule has 2 aromatic heterocycles. The monoisotopic (exact) mass is 328 g/mol. The Labute approximate surface area is 135 Å². The highest BCUT2D eigenvalue weighted by molar-refractivity contribution is 6.01. The number of aromatic nitrogens is 3. The van der Waals surface area contributed by atoms with Crippen LogP contribution in [0.25, 0.3) is 11.5 Å². The largest absolute Gasteiger partial charge is 0.486 e. The zero-order valence-corrected chi connectivity index (χ0v) is 12.6. The highest BCUT2D eigenvalue weighted by Gasteiger charge is 2.18. The van der Waals surface area contributed by atoms with E-state index < -0.39 is 5.91 Å². The van der Waals surface area contributed by atoms with Gasteiger partial charge in [-0.3, -0.25) is 10.1 Å². The van der Waals surface area contributed by atoms with Gasteiger partial charge < -0.3 is 18.4 Å². The lowest BCUT2D eigenvalue weighted by Crippen LogP contribution is -2.15. The lowest BCUT2D eigenvalue weighted by atomic mass is 10.2. The van der Waals surface area contributed by atoms with Crippen LogP contribution in [-0.4, -0.2) is 34.5 Å². The van der Waals surface area contributed by atoms with E-state index in [4.69, 9.17) is 18.4 Å². The predicted octanol–water partition coefficient (Wildman–Crippen LogP) is 2.06. The summed E-state index contributed by atoms with van der Waals surface area (Å²) in [6.07, 6.45) is 0. The molecular weight excluding hydrogens is 316 g/mol. The number of ether oxygens (including phenoxy) is 2. The molecule has 0 atom stereocenters. The van der Waals surface area contributed by atoms with E-state index in [1.807, 2.05) is 0 Å². The van der Waals surface area contributed by atoms with Crippen LogP contribution in [0.4, 0.5) is 6.01 Å². The molecule has 1 aliphatic heterocycles. The highest BCUT2D eigenvalue weighted by atomic mass is 16.6. The normalized spacial score (nSPS) is 12.9. The molecular formula is C15H12N4O5. The van der Waals surface area contributed by atoms with Crippen molar-refractivity contribution >= 4 is 11.9 Å². The van der Waals surface area contributed by atoms with Gasteiger partial charge in [0.25, 0.3) is 5.91 Å². The molecule has 0 fully saturated rings. The molecule has 0 bridgehead atoms. The SMILES string of the molecule is Cc1cc(C(=O)Nc2nnc(-c3ccc4c(c3)OCCO4)o2)no1. The van der Waals surface area contributed by atoms with Crippen LogP contribution < -0.4 is 14.8 Å². The number of aryl methyl sites for hydroxylation is 1. The third kappa shape index (κ3) is 2.67. The van der Waals surface area contributed by atoms with E-state index in [9.17, 15) is 4.79 Å². The Morgan fingerprint density at radius 1 is 1.12 bits per heavy atom. The quantitative estimate of drug-likeness (QED) is 0.777. The number of carbonyl (C=O) groups excluding carboxylic acids is 1. The Morgan fingerprint density at radius 2 is 1.96 bits per heavy atom. The molecule has 1 aliphatic rings. The summed E-state index contributed by atoms with van der Waals surface area (Å²) in [5.41, 5.74) is 0.788. The summed E-state index contributed by atoms with van der Waals surface area (Å²) in [6, 6.07) is 6.76. The van der Waals surface area contributed by atoms with Crippen LogP contribution in [0.5, 0.6) is 11.5 Å². The number of hydrogen-bond acceptors (Lipinski definition) is 8. The van der Waals surface area contributed by atoms with Crippen LogP contribution in [0.2, 0.25) is 0 Å². The molecule has 0 unspecified atom stereocenters. The second-order valence-corrected chi connectivity index (χ2v) is 5.05. The van der Waals surface area contributed by atoms with Gasteiger partial charge in [-0.2, -0.15) is 0 Å². The van der Waals surface area contributed by atoms with Crippen molar-refractivity contribution in [1.82, 2.24) is 15.4 Å². The van der Waals surface area contributed by atoms with E-state index >= 15 is 0 Å². The molecule has 3 aromatic rings. The maximum Gasteiger partial charge on any atom is 0.322 e. The van der Waals surface area contributed by atoms with Gasteiger partial charge in [-0.05, 0) is 25.1 Å². The van der Waals surface area contributed by atoms with Crippen molar-refractivity contribution in [2.24, 2.45) is 0 Å². The molecule has 122 valence electrons. The van der Waals surface area contributed by atoms with Gasteiger partial charge in [-0.1, -0.05) is 10.3 Å². The van der Waals surface area contributed by atoms with Crippen LogP contribution in [0.1, 0.15) is 16.2 Å². The van der Waals surface area contributed by atoms with Crippen molar-refractivity contribution in [2.75, 3.05) is 18.5 Å². The summed E-state index contributed by atoms with van der Waals surface area (Å²) in [7, 11) is 0. The second-order valence-electron chi connectivity index (χ2n) is 5.05. The minimum atomic E-state index is -0.496. The van der Waals surface area contributed by atoms with Crippen LogP contribution in [0.3, 0.4) is 0 Å².